The van der Waals surface area contributed by atoms with Crippen molar-refractivity contribution in [2.45, 2.75) is 26.1 Å². The zero-order chi connectivity index (χ0) is 17.8. The van der Waals surface area contributed by atoms with Crippen LogP contribution in [0, 0.1) is 5.82 Å². The largest absolute Gasteiger partial charge is 0.454 e. The fourth-order valence-electron chi connectivity index (χ4n) is 2.60. The molecule has 0 saturated heterocycles. The summed E-state index contributed by atoms with van der Waals surface area (Å²) in [6.07, 6.45) is 0. The van der Waals surface area contributed by atoms with Crippen LogP contribution in [-0.2, 0) is 17.9 Å². The number of ether oxygens (including phenoxy) is 2. The maximum absolute atomic E-state index is 12.9. The zero-order valence-electron chi connectivity index (χ0n) is 14.3. The van der Waals surface area contributed by atoms with Gasteiger partial charge < -0.3 is 14.8 Å². The van der Waals surface area contributed by atoms with Crippen molar-refractivity contribution in [1.82, 2.24) is 10.2 Å². The van der Waals surface area contributed by atoms with Crippen LogP contribution in [0.25, 0.3) is 0 Å². The molecule has 6 heteroatoms. The number of carbonyl (C=O) groups is 1. The standard InChI is InChI=1S/C19H21FN2O3/c1-13(19(23)21-10-14-3-6-16(20)7-4-14)22(2)11-15-5-8-17-18(9-15)25-12-24-17/h3-9,13H,10-12H2,1-2H3,(H,21,23). The molecule has 1 N–H and O–H groups in total. The Labute approximate surface area is 146 Å². The molecule has 25 heavy (non-hydrogen) atoms. The quantitative estimate of drug-likeness (QED) is 0.875. The lowest BCUT2D eigenvalue weighted by Gasteiger charge is -2.24. The van der Waals surface area contributed by atoms with Crippen LogP contribution >= 0.6 is 0 Å². The fraction of sp³-hybridized carbons (Fsp3) is 0.316. The lowest BCUT2D eigenvalue weighted by atomic mass is 10.1. The second-order valence-corrected chi connectivity index (χ2v) is 6.12. The fourth-order valence-corrected chi connectivity index (χ4v) is 2.60. The summed E-state index contributed by atoms with van der Waals surface area (Å²) in [4.78, 5) is 14.3. The molecule has 1 aliphatic heterocycles. The number of nitrogens with zero attached hydrogens (tertiary/aromatic N) is 1. The second kappa shape index (κ2) is 7.53. The molecule has 0 bridgehead atoms. The summed E-state index contributed by atoms with van der Waals surface area (Å²) in [5, 5.41) is 2.88. The Kier molecular flexibility index (Phi) is 5.19. The number of halogens is 1. The molecule has 3 rings (SSSR count). The van der Waals surface area contributed by atoms with E-state index in [4.69, 9.17) is 9.47 Å². The first kappa shape index (κ1) is 17.2. The van der Waals surface area contributed by atoms with Crippen LogP contribution in [0.5, 0.6) is 11.5 Å². The minimum Gasteiger partial charge on any atom is -0.454 e. The SMILES string of the molecule is CC(C(=O)NCc1ccc(F)cc1)N(C)Cc1ccc2c(c1)OCO2. The van der Waals surface area contributed by atoms with Gasteiger partial charge in [0.25, 0.3) is 0 Å². The zero-order valence-corrected chi connectivity index (χ0v) is 14.3. The lowest BCUT2D eigenvalue weighted by molar-refractivity contribution is -0.125. The van der Waals surface area contributed by atoms with Crippen LogP contribution in [0.4, 0.5) is 4.39 Å². The molecule has 2 aromatic carbocycles. The third kappa shape index (κ3) is 4.28. The number of fused-ring (bicyclic) bond motifs is 1. The molecule has 1 amide bonds. The van der Waals surface area contributed by atoms with Gasteiger partial charge in [-0.2, -0.15) is 0 Å². The van der Waals surface area contributed by atoms with Gasteiger partial charge in [-0.3, -0.25) is 9.69 Å². The monoisotopic (exact) mass is 344 g/mol. The Bertz CT molecular complexity index is 749. The molecule has 2 aromatic rings. The average Bonchev–Trinajstić information content (AvgIpc) is 3.08. The normalized spacial score (nSPS) is 13.8. The first-order valence-corrected chi connectivity index (χ1v) is 8.14. The predicted octanol–water partition coefficient (Wildman–Crippen LogP) is 2.69. The third-order valence-electron chi connectivity index (χ3n) is 4.29. The average molecular weight is 344 g/mol. The minimum absolute atomic E-state index is 0.0763. The van der Waals surface area contributed by atoms with Crippen molar-refractivity contribution in [2.24, 2.45) is 0 Å². The van der Waals surface area contributed by atoms with Gasteiger partial charge in [0.2, 0.25) is 12.7 Å². The molecule has 0 radical (unpaired) electrons. The molecule has 0 saturated carbocycles. The number of benzene rings is 2. The number of amides is 1. The first-order valence-electron chi connectivity index (χ1n) is 8.14. The maximum Gasteiger partial charge on any atom is 0.237 e. The molecule has 0 aliphatic carbocycles. The molecule has 132 valence electrons. The van der Waals surface area contributed by atoms with Gasteiger partial charge in [0.15, 0.2) is 11.5 Å². The Morgan fingerprint density at radius 2 is 1.84 bits per heavy atom. The van der Waals surface area contributed by atoms with Crippen molar-refractivity contribution >= 4 is 5.91 Å². The first-order chi connectivity index (χ1) is 12.0. The van der Waals surface area contributed by atoms with Crippen molar-refractivity contribution in [3.05, 3.63) is 59.4 Å². The number of hydrogen-bond donors (Lipinski definition) is 1. The van der Waals surface area contributed by atoms with Crippen molar-refractivity contribution in [3.63, 3.8) is 0 Å². The van der Waals surface area contributed by atoms with E-state index in [1.54, 1.807) is 12.1 Å². The lowest BCUT2D eigenvalue weighted by Crippen LogP contribution is -2.42. The molecule has 0 aromatic heterocycles. The Hall–Kier alpha value is -2.60. The maximum atomic E-state index is 12.9. The second-order valence-electron chi connectivity index (χ2n) is 6.12. The molecule has 5 nitrogen and oxygen atoms in total. The Balaban J connectivity index is 1.53. The van der Waals surface area contributed by atoms with Crippen LogP contribution in [0.1, 0.15) is 18.1 Å². The number of likely N-dealkylation sites (N-methyl/N-ethyl adjacent to an activating group) is 1. The van der Waals surface area contributed by atoms with Crippen LogP contribution in [0.3, 0.4) is 0 Å². The Morgan fingerprint density at radius 3 is 2.60 bits per heavy atom. The van der Waals surface area contributed by atoms with Crippen LogP contribution in [0.15, 0.2) is 42.5 Å². The number of carbonyl (C=O) groups excluding carboxylic acids is 1. The van der Waals surface area contributed by atoms with Gasteiger partial charge in [0.1, 0.15) is 5.82 Å². The summed E-state index contributed by atoms with van der Waals surface area (Å²) >= 11 is 0. The van der Waals surface area contributed by atoms with Crippen molar-refractivity contribution in [3.8, 4) is 11.5 Å². The van der Waals surface area contributed by atoms with E-state index in [1.165, 1.54) is 12.1 Å². The summed E-state index contributed by atoms with van der Waals surface area (Å²) in [6.45, 7) is 3.09. The molecule has 1 heterocycles. The summed E-state index contributed by atoms with van der Waals surface area (Å²) in [6, 6.07) is 11.6. The van der Waals surface area contributed by atoms with Gasteiger partial charge in [-0.1, -0.05) is 18.2 Å². The minimum atomic E-state index is -0.300. The summed E-state index contributed by atoms with van der Waals surface area (Å²) in [5.41, 5.74) is 1.91. The van der Waals surface area contributed by atoms with E-state index >= 15 is 0 Å². The van der Waals surface area contributed by atoms with Gasteiger partial charge in [-0.25, -0.2) is 4.39 Å². The summed E-state index contributed by atoms with van der Waals surface area (Å²) in [5.74, 6) is 1.12. The smallest absolute Gasteiger partial charge is 0.237 e. The van der Waals surface area contributed by atoms with Crippen LogP contribution < -0.4 is 14.8 Å². The highest BCUT2D eigenvalue weighted by Crippen LogP contribution is 2.32. The van der Waals surface area contributed by atoms with Crippen molar-refractivity contribution in [1.29, 1.82) is 0 Å². The van der Waals surface area contributed by atoms with Gasteiger partial charge in [0, 0.05) is 13.1 Å². The highest BCUT2D eigenvalue weighted by Gasteiger charge is 2.19. The Morgan fingerprint density at radius 1 is 1.16 bits per heavy atom. The van der Waals surface area contributed by atoms with Gasteiger partial charge in [0.05, 0.1) is 6.04 Å². The molecular weight excluding hydrogens is 323 g/mol. The number of rotatable bonds is 6. The molecule has 1 unspecified atom stereocenters. The summed E-state index contributed by atoms with van der Waals surface area (Å²) in [7, 11) is 1.90. The van der Waals surface area contributed by atoms with E-state index in [2.05, 4.69) is 5.32 Å². The highest BCUT2D eigenvalue weighted by molar-refractivity contribution is 5.81. The number of hydrogen-bond acceptors (Lipinski definition) is 4. The molecule has 0 fully saturated rings. The van der Waals surface area contributed by atoms with E-state index in [-0.39, 0.29) is 24.6 Å². The highest BCUT2D eigenvalue weighted by atomic mass is 19.1. The molecule has 1 aliphatic rings. The van der Waals surface area contributed by atoms with Crippen molar-refractivity contribution < 1.29 is 18.7 Å². The molecule has 0 spiro atoms. The van der Waals surface area contributed by atoms with E-state index in [9.17, 15) is 9.18 Å². The third-order valence-corrected chi connectivity index (χ3v) is 4.29. The van der Waals surface area contributed by atoms with Gasteiger partial charge in [-0.15, -0.1) is 0 Å². The van der Waals surface area contributed by atoms with Crippen LogP contribution in [0.2, 0.25) is 0 Å². The van der Waals surface area contributed by atoms with E-state index < -0.39 is 0 Å². The van der Waals surface area contributed by atoms with Gasteiger partial charge in [-0.05, 0) is 49.4 Å². The number of nitrogens with one attached hydrogen (secondary N) is 1. The topological polar surface area (TPSA) is 50.8 Å². The molecular formula is C19H21FN2O3. The van der Waals surface area contributed by atoms with E-state index in [0.717, 1.165) is 22.6 Å². The van der Waals surface area contributed by atoms with E-state index in [0.29, 0.717) is 13.1 Å². The van der Waals surface area contributed by atoms with Gasteiger partial charge >= 0.3 is 0 Å². The van der Waals surface area contributed by atoms with Crippen molar-refractivity contribution in [2.75, 3.05) is 13.8 Å². The molecule has 1 atom stereocenters. The van der Waals surface area contributed by atoms with E-state index in [1.807, 2.05) is 37.1 Å². The summed E-state index contributed by atoms with van der Waals surface area (Å²) < 4.78 is 23.6. The predicted molar refractivity (Wildman–Crippen MR) is 91.7 cm³/mol. The van der Waals surface area contributed by atoms with Crippen LogP contribution in [-0.4, -0.2) is 30.7 Å².